The number of rotatable bonds is 6. The average Bonchev–Trinajstić information content (AvgIpc) is 2.46. The van der Waals surface area contributed by atoms with Gasteiger partial charge in [0.05, 0.1) is 0 Å². The molecule has 0 saturated carbocycles. The fourth-order valence-corrected chi connectivity index (χ4v) is 2.24. The number of carbonyl (C=O) groups is 1. The summed E-state index contributed by atoms with van der Waals surface area (Å²) in [7, 11) is 0. The first-order chi connectivity index (χ1) is 10.4. The number of carbonyl (C=O) groups excluding carboxylic acids is 1. The predicted octanol–water partition coefficient (Wildman–Crippen LogP) is 3.34. The van der Waals surface area contributed by atoms with Crippen molar-refractivity contribution in [2.24, 2.45) is 0 Å². The van der Waals surface area contributed by atoms with Crippen LogP contribution in [0.5, 0.6) is 5.75 Å². The molecule has 0 spiro atoms. The van der Waals surface area contributed by atoms with Gasteiger partial charge in [0, 0.05) is 5.54 Å². The number of halogens is 1. The van der Waals surface area contributed by atoms with E-state index >= 15 is 0 Å². The molecule has 1 N–H and O–H groups in total. The molecule has 1 amide bonds. The molecule has 3 nitrogen and oxygen atoms in total. The van der Waals surface area contributed by atoms with Gasteiger partial charge in [-0.2, -0.15) is 0 Å². The van der Waals surface area contributed by atoms with Crippen LogP contribution in [0.1, 0.15) is 19.4 Å². The first-order valence-electron chi connectivity index (χ1n) is 7.18. The Morgan fingerprint density at radius 2 is 1.73 bits per heavy atom. The number of ether oxygens (including phenoxy) is 1. The highest BCUT2D eigenvalue weighted by atomic mass is 19.1. The van der Waals surface area contributed by atoms with E-state index in [0.717, 1.165) is 12.0 Å². The second kappa shape index (κ2) is 7.07. The smallest absolute Gasteiger partial charge is 0.258 e. The Balaban J connectivity index is 1.83. The molecule has 2 rings (SSSR count). The van der Waals surface area contributed by atoms with E-state index in [1.807, 2.05) is 44.2 Å². The second-order valence-corrected chi connectivity index (χ2v) is 5.84. The molecule has 0 saturated heterocycles. The molecule has 0 radical (unpaired) electrons. The van der Waals surface area contributed by atoms with Crippen molar-refractivity contribution < 1.29 is 13.9 Å². The van der Waals surface area contributed by atoms with Crippen LogP contribution in [0.2, 0.25) is 0 Å². The lowest BCUT2D eigenvalue weighted by Crippen LogP contribution is -2.47. The summed E-state index contributed by atoms with van der Waals surface area (Å²) in [5, 5.41) is 2.95. The van der Waals surface area contributed by atoms with E-state index in [1.165, 1.54) is 24.3 Å². The quantitative estimate of drug-likeness (QED) is 0.888. The molecular weight excluding hydrogens is 281 g/mol. The van der Waals surface area contributed by atoms with Gasteiger partial charge in [0.2, 0.25) is 0 Å². The molecular formula is C18H20FNO2. The molecule has 2 aromatic rings. The number of hydrogen-bond donors (Lipinski definition) is 1. The number of amides is 1. The Bertz CT molecular complexity index is 609. The van der Waals surface area contributed by atoms with Crippen molar-refractivity contribution in [3.05, 3.63) is 66.0 Å². The van der Waals surface area contributed by atoms with Crippen molar-refractivity contribution in [3.63, 3.8) is 0 Å². The summed E-state index contributed by atoms with van der Waals surface area (Å²) < 4.78 is 18.1. The lowest BCUT2D eigenvalue weighted by atomic mass is 9.95. The maximum Gasteiger partial charge on any atom is 0.258 e. The van der Waals surface area contributed by atoms with Crippen LogP contribution in [0.25, 0.3) is 0 Å². The van der Waals surface area contributed by atoms with E-state index in [9.17, 15) is 9.18 Å². The van der Waals surface area contributed by atoms with Crippen molar-refractivity contribution in [3.8, 4) is 5.75 Å². The molecule has 0 fully saturated rings. The third-order valence-corrected chi connectivity index (χ3v) is 3.15. The second-order valence-electron chi connectivity index (χ2n) is 5.84. The van der Waals surface area contributed by atoms with Crippen LogP contribution < -0.4 is 10.1 Å². The van der Waals surface area contributed by atoms with Gasteiger partial charge >= 0.3 is 0 Å². The zero-order valence-electron chi connectivity index (χ0n) is 12.8. The van der Waals surface area contributed by atoms with Crippen molar-refractivity contribution in [1.82, 2.24) is 5.32 Å². The zero-order valence-corrected chi connectivity index (χ0v) is 12.8. The largest absolute Gasteiger partial charge is 0.484 e. The lowest BCUT2D eigenvalue weighted by molar-refractivity contribution is -0.124. The van der Waals surface area contributed by atoms with Gasteiger partial charge in [-0.3, -0.25) is 4.79 Å². The highest BCUT2D eigenvalue weighted by Gasteiger charge is 2.21. The minimum Gasteiger partial charge on any atom is -0.484 e. The number of hydrogen-bond acceptors (Lipinski definition) is 2. The van der Waals surface area contributed by atoms with E-state index in [0.29, 0.717) is 5.75 Å². The molecule has 0 aliphatic rings. The average molecular weight is 301 g/mol. The van der Waals surface area contributed by atoms with Gasteiger partial charge < -0.3 is 10.1 Å². The van der Waals surface area contributed by atoms with Gasteiger partial charge in [0.15, 0.2) is 6.61 Å². The fraction of sp³-hybridized carbons (Fsp3) is 0.278. The van der Waals surface area contributed by atoms with Gasteiger partial charge in [-0.25, -0.2) is 4.39 Å². The van der Waals surface area contributed by atoms with Crippen LogP contribution in [0.15, 0.2) is 54.6 Å². The fourth-order valence-electron chi connectivity index (χ4n) is 2.24. The molecule has 0 unspecified atom stereocenters. The molecule has 0 aromatic heterocycles. The number of benzene rings is 2. The molecule has 0 aliphatic carbocycles. The van der Waals surface area contributed by atoms with E-state index < -0.39 is 0 Å². The van der Waals surface area contributed by atoms with Crippen LogP contribution in [0, 0.1) is 5.82 Å². The van der Waals surface area contributed by atoms with Crippen LogP contribution in [0.4, 0.5) is 4.39 Å². The number of nitrogens with one attached hydrogen (secondary N) is 1. The van der Waals surface area contributed by atoms with Gasteiger partial charge in [-0.05, 0) is 50.1 Å². The summed E-state index contributed by atoms with van der Waals surface area (Å²) in [6, 6.07) is 15.6. The van der Waals surface area contributed by atoms with E-state index in [2.05, 4.69) is 5.32 Å². The molecule has 0 atom stereocenters. The standard InChI is InChI=1S/C18H20FNO2/c1-18(2,12-14-6-4-3-5-7-14)20-17(21)13-22-16-10-8-15(19)9-11-16/h3-11H,12-13H2,1-2H3,(H,20,21). The summed E-state index contributed by atoms with van der Waals surface area (Å²) in [6.07, 6.45) is 0.732. The third kappa shape index (κ3) is 5.20. The highest BCUT2D eigenvalue weighted by molar-refractivity contribution is 5.78. The molecule has 22 heavy (non-hydrogen) atoms. The molecule has 116 valence electrons. The van der Waals surface area contributed by atoms with Crippen LogP contribution in [-0.2, 0) is 11.2 Å². The molecule has 0 bridgehead atoms. The van der Waals surface area contributed by atoms with Crippen LogP contribution >= 0.6 is 0 Å². The topological polar surface area (TPSA) is 38.3 Å². The maximum atomic E-state index is 12.8. The van der Waals surface area contributed by atoms with Gasteiger partial charge in [-0.15, -0.1) is 0 Å². The van der Waals surface area contributed by atoms with Crippen molar-refractivity contribution in [2.45, 2.75) is 25.8 Å². The monoisotopic (exact) mass is 301 g/mol. The summed E-state index contributed by atoms with van der Waals surface area (Å²) in [5.74, 6) is -0.0662. The minimum absolute atomic E-state index is 0.0934. The van der Waals surface area contributed by atoms with Crippen LogP contribution in [0.3, 0.4) is 0 Å². The zero-order chi connectivity index (χ0) is 16.0. The first-order valence-corrected chi connectivity index (χ1v) is 7.18. The molecule has 0 heterocycles. The molecule has 0 aliphatic heterocycles. The summed E-state index contributed by atoms with van der Waals surface area (Å²) in [6.45, 7) is 3.84. The Morgan fingerprint density at radius 1 is 1.09 bits per heavy atom. The first kappa shape index (κ1) is 16.0. The lowest BCUT2D eigenvalue weighted by Gasteiger charge is -2.26. The van der Waals surface area contributed by atoms with E-state index in [1.54, 1.807) is 0 Å². The predicted molar refractivity (Wildman–Crippen MR) is 84.3 cm³/mol. The van der Waals surface area contributed by atoms with E-state index in [4.69, 9.17) is 4.74 Å². The Kier molecular flexibility index (Phi) is 5.15. The van der Waals surface area contributed by atoms with Crippen molar-refractivity contribution >= 4 is 5.91 Å². The summed E-state index contributed by atoms with van der Waals surface area (Å²) >= 11 is 0. The molecule has 4 heteroatoms. The summed E-state index contributed by atoms with van der Waals surface area (Å²) in [5.41, 5.74) is 0.789. The van der Waals surface area contributed by atoms with Crippen LogP contribution in [-0.4, -0.2) is 18.1 Å². The SMILES string of the molecule is CC(C)(Cc1ccccc1)NC(=O)COc1ccc(F)cc1. The Labute approximate surface area is 130 Å². The maximum absolute atomic E-state index is 12.8. The van der Waals surface area contributed by atoms with Crippen molar-refractivity contribution in [1.29, 1.82) is 0 Å². The highest BCUT2D eigenvalue weighted by Crippen LogP contribution is 2.13. The van der Waals surface area contributed by atoms with Gasteiger partial charge in [0.25, 0.3) is 5.91 Å². The molecule has 2 aromatic carbocycles. The Morgan fingerprint density at radius 3 is 2.36 bits per heavy atom. The normalized spacial score (nSPS) is 11.0. The Hall–Kier alpha value is -2.36. The third-order valence-electron chi connectivity index (χ3n) is 3.15. The van der Waals surface area contributed by atoms with Gasteiger partial charge in [-0.1, -0.05) is 30.3 Å². The van der Waals surface area contributed by atoms with E-state index in [-0.39, 0.29) is 23.9 Å². The summed E-state index contributed by atoms with van der Waals surface area (Å²) in [4.78, 5) is 12.0. The minimum atomic E-state index is -0.370. The van der Waals surface area contributed by atoms with Crippen molar-refractivity contribution in [2.75, 3.05) is 6.61 Å². The van der Waals surface area contributed by atoms with Gasteiger partial charge in [0.1, 0.15) is 11.6 Å².